The highest BCUT2D eigenvalue weighted by atomic mass is 19.4. The number of alkyl halides is 3. The molecule has 0 spiro atoms. The third kappa shape index (κ3) is 3.65. The molecule has 94 valence electrons. The van der Waals surface area contributed by atoms with Gasteiger partial charge in [0.25, 0.3) is 0 Å². The Morgan fingerprint density at radius 2 is 1.88 bits per heavy atom. The van der Waals surface area contributed by atoms with Crippen LogP contribution in [-0.2, 0) is 0 Å². The molecule has 0 aliphatic rings. The second-order valence-electron chi connectivity index (χ2n) is 3.77. The molecule has 0 bridgehead atoms. The van der Waals surface area contributed by atoms with Gasteiger partial charge in [-0.05, 0) is 12.1 Å². The zero-order valence-electron chi connectivity index (χ0n) is 9.33. The number of hydrogen-bond donors (Lipinski definition) is 2. The van der Waals surface area contributed by atoms with Crippen molar-refractivity contribution in [2.45, 2.75) is 6.18 Å². The summed E-state index contributed by atoms with van der Waals surface area (Å²) in [5, 5.41) is 6.99. The molecule has 1 aromatic carbocycles. The van der Waals surface area contributed by atoms with Crippen LogP contribution >= 0.6 is 0 Å². The van der Waals surface area contributed by atoms with E-state index in [1.807, 2.05) is 0 Å². The van der Waals surface area contributed by atoms with E-state index in [-0.39, 0.29) is 6.54 Å². The second-order valence-corrected chi connectivity index (χ2v) is 3.77. The molecule has 6 heteroatoms. The van der Waals surface area contributed by atoms with Crippen LogP contribution in [0.3, 0.4) is 0 Å². The van der Waals surface area contributed by atoms with Gasteiger partial charge in [0.15, 0.2) is 0 Å². The highest BCUT2D eigenvalue weighted by molar-refractivity contribution is 5.81. The van der Waals surface area contributed by atoms with Crippen molar-refractivity contribution in [3.05, 3.63) is 30.3 Å². The quantitative estimate of drug-likeness (QED) is 0.631. The van der Waals surface area contributed by atoms with E-state index >= 15 is 0 Å². The monoisotopic (exact) mass is 245 g/mol. The number of hydrogen-bond acceptors (Lipinski definition) is 2. The van der Waals surface area contributed by atoms with Crippen molar-refractivity contribution >= 4 is 11.5 Å². The van der Waals surface area contributed by atoms with Crippen LogP contribution in [0, 0.1) is 11.3 Å². The minimum absolute atomic E-state index is 0.358. The minimum atomic E-state index is -4.49. The summed E-state index contributed by atoms with van der Waals surface area (Å²) in [5.74, 6) is -2.80. The minimum Gasteiger partial charge on any atom is -0.387 e. The summed E-state index contributed by atoms with van der Waals surface area (Å²) in [5.41, 5.74) is 5.64. The first-order valence-electron chi connectivity index (χ1n) is 4.99. The molecule has 1 aromatic rings. The number of nitrogens with zero attached hydrogens (tertiary/aromatic N) is 1. The van der Waals surface area contributed by atoms with Crippen LogP contribution in [0.25, 0.3) is 0 Å². The van der Waals surface area contributed by atoms with E-state index in [9.17, 15) is 13.2 Å². The van der Waals surface area contributed by atoms with E-state index in [0.29, 0.717) is 5.69 Å². The smallest absolute Gasteiger partial charge is 0.387 e. The van der Waals surface area contributed by atoms with Crippen molar-refractivity contribution < 1.29 is 13.2 Å². The van der Waals surface area contributed by atoms with E-state index in [0.717, 1.165) is 0 Å². The molecule has 0 aliphatic carbocycles. The van der Waals surface area contributed by atoms with Crippen molar-refractivity contribution in [1.29, 1.82) is 5.41 Å². The molecule has 0 radical (unpaired) electrons. The standard InChI is InChI=1S/C11H14F3N3/c1-17(8-5-3-2-4-6-8)7-9(10(15)16)11(12,13)14/h2-6,9H,7H2,1H3,(H3,15,16). The Morgan fingerprint density at radius 1 is 1.35 bits per heavy atom. The third-order valence-corrected chi connectivity index (χ3v) is 2.42. The third-order valence-electron chi connectivity index (χ3n) is 2.42. The first kappa shape index (κ1) is 13.3. The van der Waals surface area contributed by atoms with Crippen molar-refractivity contribution in [2.24, 2.45) is 11.7 Å². The van der Waals surface area contributed by atoms with Gasteiger partial charge in [-0.3, -0.25) is 5.41 Å². The molecule has 3 nitrogen and oxygen atoms in total. The molecule has 0 fully saturated rings. The highest BCUT2D eigenvalue weighted by Gasteiger charge is 2.42. The van der Waals surface area contributed by atoms with Crippen molar-refractivity contribution in [3.63, 3.8) is 0 Å². The van der Waals surface area contributed by atoms with Gasteiger partial charge in [-0.1, -0.05) is 18.2 Å². The first-order chi connectivity index (χ1) is 7.82. The second kappa shape index (κ2) is 5.07. The van der Waals surface area contributed by atoms with Crippen LogP contribution in [0.2, 0.25) is 0 Å². The number of para-hydroxylation sites is 1. The van der Waals surface area contributed by atoms with E-state index in [4.69, 9.17) is 11.1 Å². The topological polar surface area (TPSA) is 53.1 Å². The van der Waals surface area contributed by atoms with Gasteiger partial charge in [0.05, 0.1) is 0 Å². The van der Waals surface area contributed by atoms with Gasteiger partial charge < -0.3 is 10.6 Å². The summed E-state index contributed by atoms with van der Waals surface area (Å²) in [6.45, 7) is -0.358. The summed E-state index contributed by atoms with van der Waals surface area (Å²) in [4.78, 5) is 1.43. The lowest BCUT2D eigenvalue weighted by Crippen LogP contribution is -2.43. The molecule has 0 saturated heterocycles. The molecule has 1 unspecified atom stereocenters. The van der Waals surface area contributed by atoms with Gasteiger partial charge in [-0.25, -0.2) is 0 Å². The number of anilines is 1. The highest BCUT2D eigenvalue weighted by Crippen LogP contribution is 2.27. The van der Waals surface area contributed by atoms with Crippen molar-refractivity contribution in [3.8, 4) is 0 Å². The Kier molecular flexibility index (Phi) is 3.98. The lowest BCUT2D eigenvalue weighted by molar-refractivity contribution is -0.153. The van der Waals surface area contributed by atoms with Crippen LogP contribution in [-0.4, -0.2) is 25.6 Å². The lowest BCUT2D eigenvalue weighted by atomic mass is 10.1. The number of benzene rings is 1. The maximum absolute atomic E-state index is 12.6. The predicted molar refractivity (Wildman–Crippen MR) is 61.2 cm³/mol. The number of nitrogens with one attached hydrogen (secondary N) is 1. The molecular weight excluding hydrogens is 231 g/mol. The molecule has 1 atom stereocenters. The number of nitrogens with two attached hydrogens (primary N) is 1. The van der Waals surface area contributed by atoms with Crippen molar-refractivity contribution in [1.82, 2.24) is 0 Å². The average Bonchev–Trinajstić information content (AvgIpc) is 2.24. The largest absolute Gasteiger partial charge is 0.400 e. The fourth-order valence-electron chi connectivity index (χ4n) is 1.44. The molecule has 0 heterocycles. The molecule has 0 aromatic heterocycles. The van der Waals surface area contributed by atoms with E-state index < -0.39 is 17.9 Å². The Balaban J connectivity index is 2.79. The molecular formula is C11H14F3N3. The number of halogens is 3. The summed E-state index contributed by atoms with van der Waals surface area (Å²) in [6, 6.07) is 8.66. The van der Waals surface area contributed by atoms with Crippen molar-refractivity contribution in [2.75, 3.05) is 18.5 Å². The maximum atomic E-state index is 12.6. The number of amidine groups is 1. The van der Waals surface area contributed by atoms with Gasteiger partial charge in [0.2, 0.25) is 0 Å². The lowest BCUT2D eigenvalue weighted by Gasteiger charge is -2.26. The van der Waals surface area contributed by atoms with Gasteiger partial charge >= 0.3 is 6.18 Å². The van der Waals surface area contributed by atoms with Crippen LogP contribution in [0.5, 0.6) is 0 Å². The molecule has 0 aliphatic heterocycles. The Hall–Kier alpha value is -1.72. The van der Waals surface area contributed by atoms with E-state index in [1.54, 1.807) is 30.3 Å². The normalized spacial score (nSPS) is 13.2. The molecule has 0 amide bonds. The number of rotatable bonds is 4. The molecule has 1 rings (SSSR count). The molecule has 17 heavy (non-hydrogen) atoms. The first-order valence-corrected chi connectivity index (χ1v) is 4.99. The summed E-state index contributed by atoms with van der Waals surface area (Å²) in [7, 11) is 1.54. The summed E-state index contributed by atoms with van der Waals surface area (Å²) >= 11 is 0. The van der Waals surface area contributed by atoms with Gasteiger partial charge in [0.1, 0.15) is 11.8 Å². The molecule has 0 saturated carbocycles. The fourth-order valence-corrected chi connectivity index (χ4v) is 1.44. The summed E-state index contributed by atoms with van der Waals surface area (Å²) < 4.78 is 37.8. The zero-order valence-corrected chi connectivity index (χ0v) is 9.33. The van der Waals surface area contributed by atoms with E-state index in [2.05, 4.69) is 0 Å². The summed E-state index contributed by atoms with van der Waals surface area (Å²) in [6.07, 6.45) is -4.49. The van der Waals surface area contributed by atoms with Crippen LogP contribution in [0.15, 0.2) is 30.3 Å². The van der Waals surface area contributed by atoms with Crippen LogP contribution in [0.1, 0.15) is 0 Å². The average molecular weight is 245 g/mol. The molecule has 3 N–H and O–H groups in total. The van der Waals surface area contributed by atoms with Gasteiger partial charge in [-0.15, -0.1) is 0 Å². The zero-order chi connectivity index (χ0) is 13.1. The van der Waals surface area contributed by atoms with Crippen LogP contribution in [0.4, 0.5) is 18.9 Å². The van der Waals surface area contributed by atoms with Crippen LogP contribution < -0.4 is 10.6 Å². The van der Waals surface area contributed by atoms with Gasteiger partial charge in [0, 0.05) is 19.3 Å². The Morgan fingerprint density at radius 3 is 2.29 bits per heavy atom. The maximum Gasteiger partial charge on any atom is 0.400 e. The van der Waals surface area contributed by atoms with Gasteiger partial charge in [-0.2, -0.15) is 13.2 Å². The fraction of sp³-hybridized carbons (Fsp3) is 0.364. The Bertz CT molecular complexity index is 375. The predicted octanol–water partition coefficient (Wildman–Crippen LogP) is 2.24. The van der Waals surface area contributed by atoms with E-state index in [1.165, 1.54) is 11.9 Å². The SMILES string of the molecule is CN(CC(C(=N)N)C(F)(F)F)c1ccccc1. The Labute approximate surface area is 97.5 Å².